The van der Waals surface area contributed by atoms with Crippen LogP contribution >= 0.6 is 11.3 Å². The predicted molar refractivity (Wildman–Crippen MR) is 161 cm³/mol. The number of amides is 2. The first-order chi connectivity index (χ1) is 19.7. The first-order valence-electron chi connectivity index (χ1n) is 14.5. The van der Waals surface area contributed by atoms with Gasteiger partial charge in [-0.25, -0.2) is 8.42 Å². The summed E-state index contributed by atoms with van der Waals surface area (Å²) in [6.07, 6.45) is 3.41. The Hall–Kier alpha value is -2.80. The number of carbonyl (C=O) groups is 3. The van der Waals surface area contributed by atoms with Crippen molar-refractivity contribution >= 4 is 44.1 Å². The number of hydrogen-bond acceptors (Lipinski definition) is 8. The molecule has 0 bridgehead atoms. The molecule has 228 valence electrons. The van der Waals surface area contributed by atoms with Gasteiger partial charge in [-0.2, -0.15) is 4.31 Å². The molecule has 2 aromatic rings. The normalized spacial score (nSPS) is 20.6. The number of sulfonamides is 1. The van der Waals surface area contributed by atoms with Gasteiger partial charge in [-0.1, -0.05) is 0 Å². The van der Waals surface area contributed by atoms with E-state index < -0.39 is 15.9 Å². The minimum Gasteiger partial charge on any atom is -0.469 e. The zero-order valence-corrected chi connectivity index (χ0v) is 26.5. The molecule has 0 spiro atoms. The molecule has 0 saturated carbocycles. The Kier molecular flexibility index (Phi) is 8.29. The Labute approximate surface area is 251 Å². The Balaban J connectivity index is 1.38. The largest absolute Gasteiger partial charge is 0.469 e. The van der Waals surface area contributed by atoms with E-state index >= 15 is 0 Å². The number of nitrogens with zero attached hydrogens (tertiary/aromatic N) is 2. The highest BCUT2D eigenvalue weighted by Crippen LogP contribution is 2.45. The maximum Gasteiger partial charge on any atom is 0.308 e. The maximum absolute atomic E-state index is 13.8. The van der Waals surface area contributed by atoms with Gasteiger partial charge in [0, 0.05) is 47.7 Å². The van der Waals surface area contributed by atoms with Gasteiger partial charge in [0.05, 0.1) is 23.5 Å². The summed E-state index contributed by atoms with van der Waals surface area (Å²) in [5.41, 5.74) is 1.24. The summed E-state index contributed by atoms with van der Waals surface area (Å²) < 4.78 is 32.6. The van der Waals surface area contributed by atoms with E-state index in [1.165, 1.54) is 47.0 Å². The van der Waals surface area contributed by atoms with Crippen molar-refractivity contribution in [3.05, 3.63) is 45.8 Å². The van der Waals surface area contributed by atoms with E-state index in [0.29, 0.717) is 48.5 Å². The smallest absolute Gasteiger partial charge is 0.308 e. The molecule has 2 N–H and O–H groups in total. The van der Waals surface area contributed by atoms with Gasteiger partial charge in [0.15, 0.2) is 0 Å². The van der Waals surface area contributed by atoms with E-state index in [9.17, 15) is 22.8 Å². The average molecular weight is 617 g/mol. The lowest BCUT2D eigenvalue weighted by atomic mass is 9.81. The molecule has 1 aromatic carbocycles. The lowest BCUT2D eigenvalue weighted by Gasteiger charge is -2.42. The Morgan fingerprint density at radius 2 is 1.62 bits per heavy atom. The number of carbonyl (C=O) groups excluding carboxylic acids is 3. The van der Waals surface area contributed by atoms with E-state index in [1.54, 1.807) is 0 Å². The quantitative estimate of drug-likeness (QED) is 0.471. The van der Waals surface area contributed by atoms with Crippen LogP contribution in [0.25, 0.3) is 0 Å². The molecule has 0 atom stereocenters. The predicted octanol–water partition coefficient (Wildman–Crippen LogP) is 3.97. The number of piperidine rings is 1. The molecule has 5 rings (SSSR count). The summed E-state index contributed by atoms with van der Waals surface area (Å²) in [6.45, 7) is 10.3. The van der Waals surface area contributed by atoms with Crippen LogP contribution in [-0.4, -0.2) is 74.2 Å². The van der Waals surface area contributed by atoms with Crippen LogP contribution < -0.4 is 10.6 Å². The molecule has 4 heterocycles. The van der Waals surface area contributed by atoms with E-state index in [4.69, 9.17) is 4.74 Å². The highest BCUT2D eigenvalue weighted by atomic mass is 32.2. The summed E-state index contributed by atoms with van der Waals surface area (Å²) in [4.78, 5) is 42.0. The molecule has 2 saturated heterocycles. The topological polar surface area (TPSA) is 125 Å². The van der Waals surface area contributed by atoms with Crippen molar-refractivity contribution in [2.45, 2.75) is 75.8 Å². The molecule has 2 amide bonds. The van der Waals surface area contributed by atoms with Gasteiger partial charge < -0.3 is 20.3 Å². The molecule has 3 aliphatic rings. The third-order valence-corrected chi connectivity index (χ3v) is 11.8. The van der Waals surface area contributed by atoms with E-state index in [1.807, 2.05) is 4.90 Å². The van der Waals surface area contributed by atoms with Gasteiger partial charge in [-0.3, -0.25) is 14.4 Å². The summed E-state index contributed by atoms with van der Waals surface area (Å²) in [5, 5.41) is 7.19. The van der Waals surface area contributed by atoms with Gasteiger partial charge in [0.2, 0.25) is 10.0 Å². The number of rotatable bonds is 6. The fourth-order valence-corrected chi connectivity index (χ4v) is 9.26. The van der Waals surface area contributed by atoms with Crippen molar-refractivity contribution in [1.82, 2.24) is 14.5 Å². The fraction of sp³-hybridized carbons (Fsp3) is 0.567. The second-order valence-corrected chi connectivity index (χ2v) is 15.6. The fourth-order valence-electron chi connectivity index (χ4n) is 6.52. The summed E-state index contributed by atoms with van der Waals surface area (Å²) in [5.74, 6) is -1.07. The van der Waals surface area contributed by atoms with Crippen molar-refractivity contribution in [2.75, 3.05) is 38.6 Å². The molecule has 0 unspecified atom stereocenters. The average Bonchev–Trinajstić information content (AvgIpc) is 3.60. The van der Waals surface area contributed by atoms with Crippen molar-refractivity contribution in [1.29, 1.82) is 0 Å². The number of thiophene rings is 1. The molecule has 0 radical (unpaired) electrons. The first kappa shape index (κ1) is 30.7. The molecule has 1 aromatic heterocycles. The lowest BCUT2D eigenvalue weighted by molar-refractivity contribution is -0.146. The summed E-state index contributed by atoms with van der Waals surface area (Å²) in [7, 11) is -2.44. The Morgan fingerprint density at radius 3 is 2.21 bits per heavy atom. The van der Waals surface area contributed by atoms with Crippen LogP contribution in [0.2, 0.25) is 0 Å². The highest BCUT2D eigenvalue weighted by molar-refractivity contribution is 7.89. The van der Waals surface area contributed by atoms with Crippen LogP contribution in [0.3, 0.4) is 0 Å². The van der Waals surface area contributed by atoms with Crippen molar-refractivity contribution in [3.63, 3.8) is 0 Å². The number of benzene rings is 1. The van der Waals surface area contributed by atoms with Crippen molar-refractivity contribution in [2.24, 2.45) is 5.92 Å². The third-order valence-electron chi connectivity index (χ3n) is 8.42. The Bertz CT molecular complexity index is 1480. The van der Waals surface area contributed by atoms with Crippen LogP contribution in [0.1, 0.15) is 84.5 Å². The van der Waals surface area contributed by atoms with Crippen LogP contribution in [-0.2, 0) is 31.5 Å². The standard InChI is InChI=1S/C30H40N4O6S2/c1-29(2)18-22-23(27(36)33-14-6-7-15-33)26(41-24(22)30(3,4)32-29)31-25(35)19-8-10-21(11-9-19)42(38,39)34-16-12-20(13-17-34)28(37)40-5/h8-11,20,32H,6-7,12-18H2,1-5H3,(H,31,35). The number of nitrogens with one attached hydrogen (secondary N) is 2. The molecule has 10 nitrogen and oxygen atoms in total. The van der Waals surface area contributed by atoms with Gasteiger partial charge in [0.25, 0.3) is 11.8 Å². The summed E-state index contributed by atoms with van der Waals surface area (Å²) >= 11 is 1.43. The van der Waals surface area contributed by atoms with Gasteiger partial charge in [-0.15, -0.1) is 11.3 Å². The minimum absolute atomic E-state index is 0.0498. The second kappa shape index (κ2) is 11.4. The van der Waals surface area contributed by atoms with Gasteiger partial charge >= 0.3 is 5.97 Å². The van der Waals surface area contributed by atoms with Crippen molar-refractivity contribution < 1.29 is 27.5 Å². The lowest BCUT2D eigenvalue weighted by Crippen LogP contribution is -2.55. The molecule has 2 fully saturated rings. The number of likely N-dealkylation sites (tertiary alicyclic amines) is 1. The number of anilines is 1. The number of methoxy groups -OCH3 is 1. The van der Waals surface area contributed by atoms with Crippen LogP contribution in [0, 0.1) is 5.92 Å². The molecule has 0 aliphatic carbocycles. The molecule has 3 aliphatic heterocycles. The molecular weight excluding hydrogens is 576 g/mol. The zero-order valence-electron chi connectivity index (χ0n) is 24.9. The second-order valence-electron chi connectivity index (χ2n) is 12.6. The third kappa shape index (κ3) is 5.86. The van der Waals surface area contributed by atoms with Crippen molar-refractivity contribution in [3.8, 4) is 0 Å². The van der Waals surface area contributed by atoms with E-state index in [0.717, 1.165) is 23.3 Å². The Morgan fingerprint density at radius 1 is 1.00 bits per heavy atom. The number of hydrogen-bond donors (Lipinski definition) is 2. The van der Waals surface area contributed by atoms with Crippen LogP contribution in [0.5, 0.6) is 0 Å². The first-order valence-corrected chi connectivity index (χ1v) is 16.7. The van der Waals surface area contributed by atoms with Crippen LogP contribution in [0.4, 0.5) is 5.00 Å². The van der Waals surface area contributed by atoms with Gasteiger partial charge in [-0.05, 0) is 89.6 Å². The minimum atomic E-state index is -3.78. The SMILES string of the molecule is COC(=O)C1CCN(S(=O)(=O)c2ccc(C(=O)Nc3sc4c(c3C(=O)N3CCCC3)CC(C)(C)NC4(C)C)cc2)CC1. The number of fused-ring (bicyclic) bond motifs is 1. The molecule has 12 heteroatoms. The summed E-state index contributed by atoms with van der Waals surface area (Å²) in [6, 6.07) is 5.85. The number of esters is 1. The monoisotopic (exact) mass is 616 g/mol. The van der Waals surface area contributed by atoms with Gasteiger partial charge in [0.1, 0.15) is 5.00 Å². The van der Waals surface area contributed by atoms with Crippen LogP contribution in [0.15, 0.2) is 29.2 Å². The zero-order chi connectivity index (χ0) is 30.4. The van der Waals surface area contributed by atoms with E-state index in [-0.39, 0.29) is 46.9 Å². The molecule has 42 heavy (non-hydrogen) atoms. The maximum atomic E-state index is 13.8. The van der Waals surface area contributed by atoms with E-state index in [2.05, 4.69) is 38.3 Å². The highest BCUT2D eigenvalue weighted by Gasteiger charge is 2.42. The number of ether oxygens (including phenoxy) is 1. The molecular formula is C30H40N4O6S2.